The van der Waals surface area contributed by atoms with Gasteiger partial charge in [0.2, 0.25) is 5.91 Å². The molecule has 1 amide bonds. The Labute approximate surface area is 135 Å². The standard InChI is InChI=1S/C16H21ClN2OS/c1-3-21-10-11(2)19-14(12-5-4-6-13(17)9-12)18-16(7-8-16)15(19)20/h4-6,9,11,14,18H,3,7-8,10H2,1-2H3. The van der Waals surface area contributed by atoms with E-state index in [-0.39, 0.29) is 23.7 Å². The fourth-order valence-corrected chi connectivity index (χ4v) is 3.92. The summed E-state index contributed by atoms with van der Waals surface area (Å²) in [6.07, 6.45) is 1.85. The second-order valence-electron chi connectivity index (χ2n) is 5.90. The van der Waals surface area contributed by atoms with Gasteiger partial charge in [0, 0.05) is 16.8 Å². The molecule has 5 heteroatoms. The van der Waals surface area contributed by atoms with Crippen molar-refractivity contribution in [3.05, 3.63) is 34.9 Å². The van der Waals surface area contributed by atoms with E-state index < -0.39 is 0 Å². The number of halogens is 1. The molecule has 1 aliphatic heterocycles. The minimum atomic E-state index is -0.294. The zero-order valence-corrected chi connectivity index (χ0v) is 14.0. The highest BCUT2D eigenvalue weighted by Gasteiger charge is 2.60. The lowest BCUT2D eigenvalue weighted by Crippen LogP contribution is -2.40. The van der Waals surface area contributed by atoms with Crippen molar-refractivity contribution < 1.29 is 4.79 Å². The molecule has 0 aromatic heterocycles. The maximum atomic E-state index is 12.8. The molecule has 0 radical (unpaired) electrons. The molecule has 1 saturated carbocycles. The lowest BCUT2D eigenvalue weighted by molar-refractivity contribution is -0.132. The van der Waals surface area contributed by atoms with E-state index in [0.29, 0.717) is 5.02 Å². The van der Waals surface area contributed by atoms with Crippen molar-refractivity contribution in [1.29, 1.82) is 0 Å². The van der Waals surface area contributed by atoms with E-state index >= 15 is 0 Å². The Bertz CT molecular complexity index is 547. The smallest absolute Gasteiger partial charge is 0.244 e. The Kier molecular flexibility index (Phi) is 4.21. The highest BCUT2D eigenvalue weighted by molar-refractivity contribution is 7.99. The topological polar surface area (TPSA) is 32.3 Å². The molecular weight excluding hydrogens is 304 g/mol. The van der Waals surface area contributed by atoms with Crippen LogP contribution in [0.1, 0.15) is 38.4 Å². The molecule has 1 N–H and O–H groups in total. The van der Waals surface area contributed by atoms with Crippen molar-refractivity contribution in [2.45, 2.75) is 44.4 Å². The van der Waals surface area contributed by atoms with Crippen molar-refractivity contribution in [3.8, 4) is 0 Å². The van der Waals surface area contributed by atoms with Crippen LogP contribution in [0.3, 0.4) is 0 Å². The largest absolute Gasteiger partial charge is 0.318 e. The number of nitrogens with one attached hydrogen (secondary N) is 1. The summed E-state index contributed by atoms with van der Waals surface area (Å²) in [6.45, 7) is 4.29. The van der Waals surface area contributed by atoms with Crippen LogP contribution in [0.25, 0.3) is 0 Å². The quantitative estimate of drug-likeness (QED) is 0.900. The molecule has 0 bridgehead atoms. The summed E-state index contributed by atoms with van der Waals surface area (Å²) < 4.78 is 0. The number of carbonyl (C=O) groups excluding carboxylic acids is 1. The van der Waals surface area contributed by atoms with Crippen LogP contribution in [0.4, 0.5) is 0 Å². The van der Waals surface area contributed by atoms with Gasteiger partial charge in [-0.2, -0.15) is 11.8 Å². The van der Waals surface area contributed by atoms with Crippen molar-refractivity contribution in [3.63, 3.8) is 0 Å². The van der Waals surface area contributed by atoms with E-state index in [0.717, 1.165) is 29.9 Å². The molecule has 1 heterocycles. The third kappa shape index (κ3) is 2.81. The highest BCUT2D eigenvalue weighted by atomic mass is 35.5. The van der Waals surface area contributed by atoms with Gasteiger partial charge in [-0.25, -0.2) is 0 Å². The van der Waals surface area contributed by atoms with E-state index in [4.69, 9.17) is 11.6 Å². The molecular formula is C16H21ClN2OS. The number of nitrogens with zero attached hydrogens (tertiary/aromatic N) is 1. The number of hydrogen-bond acceptors (Lipinski definition) is 3. The first-order chi connectivity index (χ1) is 10.1. The van der Waals surface area contributed by atoms with Crippen LogP contribution in [0, 0.1) is 0 Å². The molecule has 2 atom stereocenters. The van der Waals surface area contributed by atoms with Gasteiger partial charge in [-0.15, -0.1) is 0 Å². The Balaban J connectivity index is 1.88. The average Bonchev–Trinajstić information content (AvgIpc) is 3.18. The summed E-state index contributed by atoms with van der Waals surface area (Å²) in [5, 5.41) is 4.27. The molecule has 3 nitrogen and oxygen atoms in total. The predicted octanol–water partition coefficient (Wildman–Crippen LogP) is 3.44. The van der Waals surface area contributed by atoms with E-state index in [2.05, 4.69) is 19.2 Å². The monoisotopic (exact) mass is 324 g/mol. The summed E-state index contributed by atoms with van der Waals surface area (Å²) in [5.41, 5.74) is 0.783. The molecule has 3 rings (SSSR count). The molecule has 1 aromatic rings. The summed E-state index contributed by atoms with van der Waals surface area (Å²) in [7, 11) is 0. The maximum absolute atomic E-state index is 12.8. The van der Waals surface area contributed by atoms with Gasteiger partial charge < -0.3 is 4.90 Å². The van der Waals surface area contributed by atoms with Crippen LogP contribution in [-0.4, -0.2) is 33.9 Å². The van der Waals surface area contributed by atoms with Crippen molar-refractivity contribution in [2.24, 2.45) is 0 Å². The summed E-state index contributed by atoms with van der Waals surface area (Å²) in [4.78, 5) is 14.8. The van der Waals surface area contributed by atoms with Gasteiger partial charge in [0.05, 0.1) is 0 Å². The molecule has 1 saturated heterocycles. The predicted molar refractivity (Wildman–Crippen MR) is 88.6 cm³/mol. The van der Waals surface area contributed by atoms with Gasteiger partial charge in [0.1, 0.15) is 11.7 Å². The van der Waals surface area contributed by atoms with Crippen LogP contribution in [-0.2, 0) is 4.79 Å². The van der Waals surface area contributed by atoms with E-state index in [1.54, 1.807) is 0 Å². The summed E-state index contributed by atoms with van der Waals surface area (Å²) >= 11 is 8.00. The normalized spacial score (nSPS) is 24.6. The van der Waals surface area contributed by atoms with Crippen molar-refractivity contribution in [1.82, 2.24) is 10.2 Å². The fraction of sp³-hybridized carbons (Fsp3) is 0.562. The Morgan fingerprint density at radius 3 is 2.90 bits per heavy atom. The van der Waals surface area contributed by atoms with E-state index in [9.17, 15) is 4.79 Å². The van der Waals surface area contributed by atoms with Gasteiger partial charge in [-0.3, -0.25) is 10.1 Å². The van der Waals surface area contributed by atoms with E-state index in [1.807, 2.05) is 40.9 Å². The third-order valence-corrected chi connectivity index (χ3v) is 5.65. The molecule has 2 unspecified atom stereocenters. The molecule has 2 fully saturated rings. The Morgan fingerprint density at radius 2 is 2.29 bits per heavy atom. The first kappa shape index (κ1) is 15.2. The Morgan fingerprint density at radius 1 is 1.52 bits per heavy atom. The molecule has 21 heavy (non-hydrogen) atoms. The van der Waals surface area contributed by atoms with Crippen LogP contribution >= 0.6 is 23.4 Å². The minimum absolute atomic E-state index is 0.0499. The fourth-order valence-electron chi connectivity index (χ4n) is 2.98. The SMILES string of the molecule is CCSCC(C)N1C(=O)C2(CC2)NC1c1cccc(Cl)c1. The number of benzene rings is 1. The Hall–Kier alpha value is -0.710. The number of thioether (sulfide) groups is 1. The molecule has 1 aromatic carbocycles. The number of hydrogen-bond donors (Lipinski definition) is 1. The van der Waals surface area contributed by atoms with Gasteiger partial charge in [0.15, 0.2) is 0 Å². The number of rotatable bonds is 5. The minimum Gasteiger partial charge on any atom is -0.318 e. The maximum Gasteiger partial charge on any atom is 0.244 e. The van der Waals surface area contributed by atoms with Crippen LogP contribution < -0.4 is 5.32 Å². The number of amides is 1. The average molecular weight is 325 g/mol. The lowest BCUT2D eigenvalue weighted by Gasteiger charge is -2.30. The van der Waals surface area contributed by atoms with Gasteiger partial charge in [-0.1, -0.05) is 30.7 Å². The number of carbonyl (C=O) groups is 1. The second-order valence-corrected chi connectivity index (χ2v) is 7.66. The zero-order valence-electron chi connectivity index (χ0n) is 12.4. The first-order valence-corrected chi connectivity index (χ1v) is 9.04. The van der Waals surface area contributed by atoms with Gasteiger partial charge in [0.25, 0.3) is 0 Å². The van der Waals surface area contributed by atoms with Gasteiger partial charge in [-0.05, 0) is 43.2 Å². The van der Waals surface area contributed by atoms with Gasteiger partial charge >= 0.3 is 0 Å². The van der Waals surface area contributed by atoms with Crippen LogP contribution in [0.2, 0.25) is 5.02 Å². The lowest BCUT2D eigenvalue weighted by atomic mass is 10.1. The molecule has 1 spiro atoms. The van der Waals surface area contributed by atoms with E-state index in [1.165, 1.54) is 0 Å². The summed E-state index contributed by atoms with van der Waals surface area (Å²) in [6, 6.07) is 8.05. The molecule has 2 aliphatic rings. The van der Waals surface area contributed by atoms with Crippen LogP contribution in [0.5, 0.6) is 0 Å². The second kappa shape index (κ2) is 5.82. The molecule has 1 aliphatic carbocycles. The summed E-state index contributed by atoms with van der Waals surface area (Å²) in [5.74, 6) is 2.31. The molecule has 114 valence electrons. The third-order valence-electron chi connectivity index (χ3n) is 4.29. The highest BCUT2D eigenvalue weighted by Crippen LogP contribution is 2.47. The van der Waals surface area contributed by atoms with Crippen molar-refractivity contribution >= 4 is 29.3 Å². The van der Waals surface area contributed by atoms with Crippen molar-refractivity contribution in [2.75, 3.05) is 11.5 Å². The van der Waals surface area contributed by atoms with Crippen LogP contribution in [0.15, 0.2) is 24.3 Å². The zero-order chi connectivity index (χ0) is 15.0. The first-order valence-electron chi connectivity index (χ1n) is 7.51.